The van der Waals surface area contributed by atoms with Gasteiger partial charge in [-0.05, 0) is 75.0 Å². The van der Waals surface area contributed by atoms with Crippen molar-refractivity contribution in [3.05, 3.63) is 59.3 Å². The monoisotopic (exact) mass is 471 g/mol. The summed E-state index contributed by atoms with van der Waals surface area (Å²) in [5.41, 5.74) is 6.02. The molecule has 2 aromatic carbocycles. The highest BCUT2D eigenvalue weighted by Gasteiger charge is 2.39. The second-order valence-electron chi connectivity index (χ2n) is 9.34. The zero-order valence-corrected chi connectivity index (χ0v) is 19.1. The molecule has 2 aliphatic heterocycles. The van der Waals surface area contributed by atoms with E-state index in [4.69, 9.17) is 10.5 Å². The average Bonchev–Trinajstić information content (AvgIpc) is 2.99. The van der Waals surface area contributed by atoms with E-state index >= 15 is 0 Å². The molecule has 2 saturated heterocycles. The van der Waals surface area contributed by atoms with Crippen LogP contribution in [0.1, 0.15) is 48.5 Å². The third-order valence-corrected chi connectivity index (χ3v) is 7.30. The number of anilines is 1. The van der Waals surface area contributed by atoms with Crippen molar-refractivity contribution in [1.29, 1.82) is 0 Å². The number of benzene rings is 2. The second-order valence-corrected chi connectivity index (χ2v) is 9.34. The SMILES string of the molecule is Cc1c([C@@H](N)Nc2nncc3ccc(OC4CC5CCC(C4)N5C)cc23)cccc1C(F)(F)F. The quantitative estimate of drug-likeness (QED) is 0.509. The van der Waals surface area contributed by atoms with Crippen molar-refractivity contribution < 1.29 is 17.9 Å². The molecule has 0 aliphatic carbocycles. The highest BCUT2D eigenvalue weighted by molar-refractivity contribution is 5.92. The molecule has 2 unspecified atom stereocenters. The number of ether oxygens (including phenoxy) is 1. The normalized spacial score (nSPS) is 23.8. The van der Waals surface area contributed by atoms with E-state index in [0.717, 1.165) is 35.4 Å². The van der Waals surface area contributed by atoms with Crippen LogP contribution in [0.2, 0.25) is 0 Å². The zero-order valence-electron chi connectivity index (χ0n) is 19.1. The first kappa shape index (κ1) is 22.9. The molecule has 0 spiro atoms. The first-order valence-corrected chi connectivity index (χ1v) is 11.5. The van der Waals surface area contributed by atoms with Crippen LogP contribution in [0.5, 0.6) is 5.75 Å². The van der Waals surface area contributed by atoms with E-state index in [1.807, 2.05) is 18.2 Å². The fourth-order valence-corrected chi connectivity index (χ4v) is 5.41. The van der Waals surface area contributed by atoms with E-state index < -0.39 is 17.9 Å². The van der Waals surface area contributed by atoms with Crippen molar-refractivity contribution in [1.82, 2.24) is 15.1 Å². The highest BCUT2D eigenvalue weighted by atomic mass is 19.4. The molecule has 9 heteroatoms. The summed E-state index contributed by atoms with van der Waals surface area (Å²) >= 11 is 0. The molecule has 2 bridgehead atoms. The van der Waals surface area contributed by atoms with Gasteiger partial charge in [0, 0.05) is 22.9 Å². The Kier molecular flexibility index (Phi) is 5.85. The van der Waals surface area contributed by atoms with E-state index in [-0.39, 0.29) is 11.7 Å². The van der Waals surface area contributed by atoms with Gasteiger partial charge >= 0.3 is 6.18 Å². The molecular formula is C25H28F3N5O. The van der Waals surface area contributed by atoms with Crippen molar-refractivity contribution in [3.8, 4) is 5.75 Å². The molecule has 3 aromatic rings. The van der Waals surface area contributed by atoms with Crippen LogP contribution < -0.4 is 15.8 Å². The summed E-state index contributed by atoms with van der Waals surface area (Å²) in [6.07, 6.45) is 0.905. The van der Waals surface area contributed by atoms with Gasteiger partial charge < -0.3 is 20.7 Å². The van der Waals surface area contributed by atoms with Gasteiger partial charge in [-0.2, -0.15) is 18.3 Å². The molecule has 180 valence electrons. The van der Waals surface area contributed by atoms with E-state index in [0.29, 0.717) is 23.5 Å². The van der Waals surface area contributed by atoms with Gasteiger partial charge in [0.25, 0.3) is 0 Å². The van der Waals surface area contributed by atoms with Crippen molar-refractivity contribution in [2.45, 2.75) is 63.1 Å². The Morgan fingerprint density at radius 3 is 2.59 bits per heavy atom. The molecule has 2 aliphatic rings. The number of aromatic nitrogens is 2. The molecule has 3 atom stereocenters. The second kappa shape index (κ2) is 8.70. The fourth-order valence-electron chi connectivity index (χ4n) is 5.41. The number of halogens is 3. The summed E-state index contributed by atoms with van der Waals surface area (Å²) in [5, 5.41) is 12.8. The lowest BCUT2D eigenvalue weighted by Gasteiger charge is -2.36. The Bertz CT molecular complexity index is 1190. The van der Waals surface area contributed by atoms with Gasteiger partial charge in [-0.3, -0.25) is 0 Å². The van der Waals surface area contributed by atoms with Gasteiger partial charge in [-0.25, -0.2) is 0 Å². The van der Waals surface area contributed by atoms with Gasteiger partial charge in [0.05, 0.1) is 11.8 Å². The third-order valence-electron chi connectivity index (χ3n) is 7.30. The molecule has 2 fully saturated rings. The van der Waals surface area contributed by atoms with Gasteiger partial charge in [0.1, 0.15) is 18.0 Å². The number of nitrogens with one attached hydrogen (secondary N) is 1. The molecule has 0 amide bonds. The van der Waals surface area contributed by atoms with E-state index in [1.165, 1.54) is 25.8 Å². The molecule has 34 heavy (non-hydrogen) atoms. The van der Waals surface area contributed by atoms with E-state index in [1.54, 1.807) is 12.3 Å². The third kappa shape index (κ3) is 4.30. The van der Waals surface area contributed by atoms with Crippen LogP contribution in [0, 0.1) is 6.92 Å². The minimum atomic E-state index is -4.45. The van der Waals surface area contributed by atoms with Crippen molar-refractivity contribution in [2.75, 3.05) is 12.4 Å². The summed E-state index contributed by atoms with van der Waals surface area (Å²) < 4.78 is 46.4. The lowest BCUT2D eigenvalue weighted by Crippen LogP contribution is -2.43. The number of hydrogen-bond acceptors (Lipinski definition) is 6. The lowest BCUT2D eigenvalue weighted by molar-refractivity contribution is -0.138. The van der Waals surface area contributed by atoms with Crippen LogP contribution in [0.15, 0.2) is 42.6 Å². The van der Waals surface area contributed by atoms with Crippen LogP contribution >= 0.6 is 0 Å². The molecule has 3 N–H and O–H groups in total. The topological polar surface area (TPSA) is 76.3 Å². The van der Waals surface area contributed by atoms with Crippen LogP contribution in [-0.2, 0) is 6.18 Å². The lowest BCUT2D eigenvalue weighted by atomic mass is 10.00. The fraction of sp³-hybridized carbons (Fsp3) is 0.440. The van der Waals surface area contributed by atoms with Crippen LogP contribution in [0.4, 0.5) is 19.0 Å². The van der Waals surface area contributed by atoms with Crippen LogP contribution in [-0.4, -0.2) is 40.3 Å². The summed E-state index contributed by atoms with van der Waals surface area (Å²) in [6, 6.07) is 10.9. The molecule has 3 heterocycles. The maximum atomic E-state index is 13.3. The van der Waals surface area contributed by atoms with Crippen LogP contribution in [0.25, 0.3) is 10.8 Å². The maximum absolute atomic E-state index is 13.3. The summed E-state index contributed by atoms with van der Waals surface area (Å²) in [7, 11) is 2.19. The summed E-state index contributed by atoms with van der Waals surface area (Å²) in [6.45, 7) is 1.43. The number of piperidine rings is 1. The van der Waals surface area contributed by atoms with Crippen LogP contribution in [0.3, 0.4) is 0 Å². The Labute approximate surface area is 196 Å². The number of nitrogens with zero attached hydrogens (tertiary/aromatic N) is 3. The molecule has 1 aromatic heterocycles. The number of fused-ring (bicyclic) bond motifs is 3. The Morgan fingerprint density at radius 2 is 1.88 bits per heavy atom. The smallest absolute Gasteiger partial charge is 0.416 e. The van der Waals surface area contributed by atoms with Gasteiger partial charge in [0.2, 0.25) is 0 Å². The standard InChI is InChI=1S/C25H28F3N5O/c1-14-20(4-3-5-22(14)25(26,27)28)23(29)31-24-21-12-18(9-6-15(21)13-30-32-24)34-19-10-16-7-8-17(11-19)33(16)2/h3-6,9,12-13,16-17,19,23H,7-8,10-11,29H2,1-2H3,(H,31,32)/t16?,17?,19?,23-/m0/s1. The minimum absolute atomic E-state index is 0.0871. The number of hydrogen-bond donors (Lipinski definition) is 2. The zero-order chi connectivity index (χ0) is 24.0. The summed E-state index contributed by atoms with van der Waals surface area (Å²) in [4.78, 5) is 2.47. The number of rotatable bonds is 5. The first-order valence-electron chi connectivity index (χ1n) is 11.5. The molecule has 0 radical (unpaired) electrons. The summed E-state index contributed by atoms with van der Waals surface area (Å²) in [5.74, 6) is 1.14. The Morgan fingerprint density at radius 1 is 1.15 bits per heavy atom. The number of alkyl halides is 3. The first-order chi connectivity index (χ1) is 16.2. The van der Waals surface area contributed by atoms with Crippen molar-refractivity contribution >= 4 is 16.6 Å². The Balaban J connectivity index is 1.39. The largest absolute Gasteiger partial charge is 0.490 e. The van der Waals surface area contributed by atoms with Gasteiger partial charge in [-0.1, -0.05) is 12.1 Å². The highest BCUT2D eigenvalue weighted by Crippen LogP contribution is 2.37. The van der Waals surface area contributed by atoms with Crippen molar-refractivity contribution in [3.63, 3.8) is 0 Å². The predicted octanol–water partition coefficient (Wildman–Crippen LogP) is 5.03. The predicted molar refractivity (Wildman–Crippen MR) is 124 cm³/mol. The van der Waals surface area contributed by atoms with Gasteiger partial charge in [0.15, 0.2) is 5.82 Å². The molecule has 0 saturated carbocycles. The molecule has 6 nitrogen and oxygen atoms in total. The maximum Gasteiger partial charge on any atom is 0.416 e. The number of nitrogens with two attached hydrogens (primary N) is 1. The minimum Gasteiger partial charge on any atom is -0.490 e. The van der Waals surface area contributed by atoms with Crippen molar-refractivity contribution in [2.24, 2.45) is 5.73 Å². The molecule has 5 rings (SSSR count). The Hall–Kier alpha value is -2.91. The van der Waals surface area contributed by atoms with E-state index in [2.05, 4.69) is 27.5 Å². The molecular weight excluding hydrogens is 443 g/mol. The van der Waals surface area contributed by atoms with Gasteiger partial charge in [-0.15, -0.1) is 5.10 Å². The van der Waals surface area contributed by atoms with E-state index in [9.17, 15) is 13.2 Å². The average molecular weight is 472 g/mol.